The fourth-order valence-electron chi connectivity index (χ4n) is 1.22. The van der Waals surface area contributed by atoms with Crippen molar-refractivity contribution in [1.82, 2.24) is 4.90 Å². The monoisotopic (exact) mass is 183 g/mol. The summed E-state index contributed by atoms with van der Waals surface area (Å²) in [6.45, 7) is 10.2. The smallest absolute Gasteiger partial charge is 0.0169 e. The maximum Gasteiger partial charge on any atom is 0.0169 e. The average Bonchev–Trinajstić information content (AvgIpc) is 1.98. The number of nitrogens with zero attached hydrogens (tertiary/aromatic N) is 1. The minimum Gasteiger partial charge on any atom is -0.381 e. The van der Waals surface area contributed by atoms with Gasteiger partial charge in [0.25, 0.3) is 0 Å². The van der Waals surface area contributed by atoms with E-state index in [4.69, 9.17) is 0 Å². The second-order valence-electron chi connectivity index (χ2n) is 4.94. The van der Waals surface area contributed by atoms with Crippen LogP contribution in [0.1, 0.15) is 47.0 Å². The van der Waals surface area contributed by atoms with E-state index < -0.39 is 0 Å². The Balaban J connectivity index is 3.48. The van der Waals surface area contributed by atoms with Gasteiger partial charge in [0.1, 0.15) is 0 Å². The zero-order chi connectivity index (χ0) is 10.3. The van der Waals surface area contributed by atoms with Gasteiger partial charge in [-0.15, -0.1) is 0 Å². The van der Waals surface area contributed by atoms with Crippen LogP contribution < -0.4 is 0 Å². The van der Waals surface area contributed by atoms with Crippen LogP contribution in [0.3, 0.4) is 0 Å². The molecule has 0 N–H and O–H groups in total. The van der Waals surface area contributed by atoms with Gasteiger partial charge in [0.2, 0.25) is 0 Å². The summed E-state index contributed by atoms with van der Waals surface area (Å²) >= 11 is 0. The van der Waals surface area contributed by atoms with Crippen LogP contribution in [-0.2, 0) is 0 Å². The van der Waals surface area contributed by atoms with Crippen molar-refractivity contribution < 1.29 is 0 Å². The van der Waals surface area contributed by atoms with Gasteiger partial charge in [-0.25, -0.2) is 0 Å². The predicted octanol–water partition coefficient (Wildman–Crippen LogP) is 3.67. The quantitative estimate of drug-likeness (QED) is 0.628. The first-order chi connectivity index (χ1) is 5.95. The van der Waals surface area contributed by atoms with Gasteiger partial charge < -0.3 is 4.90 Å². The molecule has 0 aliphatic rings. The summed E-state index contributed by atoms with van der Waals surface area (Å²) in [4.78, 5) is 2.27. The number of rotatable bonds is 5. The van der Waals surface area contributed by atoms with Crippen molar-refractivity contribution in [3.8, 4) is 0 Å². The van der Waals surface area contributed by atoms with Gasteiger partial charge in [0, 0.05) is 13.6 Å². The minimum atomic E-state index is 0.481. The van der Waals surface area contributed by atoms with Crippen LogP contribution in [0.4, 0.5) is 0 Å². The molecule has 0 aliphatic carbocycles. The van der Waals surface area contributed by atoms with Gasteiger partial charge in [-0.3, -0.25) is 0 Å². The summed E-state index contributed by atoms with van der Waals surface area (Å²) in [7, 11) is 2.15. The van der Waals surface area contributed by atoms with E-state index in [-0.39, 0.29) is 0 Å². The van der Waals surface area contributed by atoms with Gasteiger partial charge in [0.05, 0.1) is 0 Å². The largest absolute Gasteiger partial charge is 0.381 e. The lowest BCUT2D eigenvalue weighted by molar-refractivity contribution is 0.332. The van der Waals surface area contributed by atoms with E-state index in [2.05, 4.69) is 51.9 Å². The van der Waals surface area contributed by atoms with Gasteiger partial charge in [-0.2, -0.15) is 0 Å². The summed E-state index contributed by atoms with van der Waals surface area (Å²) in [6.07, 6.45) is 8.11. The standard InChI is InChI=1S/C12H25N/c1-6-7-10-13(5)11-8-9-12(2,3)4/h7,10H,6,8-9,11H2,1-5H3/b10-7+. The lowest BCUT2D eigenvalue weighted by Gasteiger charge is -2.20. The molecule has 0 amide bonds. The molecule has 0 bridgehead atoms. The van der Waals surface area contributed by atoms with Gasteiger partial charge in [-0.05, 0) is 30.9 Å². The average molecular weight is 183 g/mol. The molecule has 0 radical (unpaired) electrons. The van der Waals surface area contributed by atoms with Gasteiger partial charge >= 0.3 is 0 Å². The molecule has 0 aromatic carbocycles. The van der Waals surface area contributed by atoms with E-state index in [1.165, 1.54) is 19.4 Å². The molecule has 1 heteroatoms. The van der Waals surface area contributed by atoms with Crippen molar-refractivity contribution in [2.24, 2.45) is 5.41 Å². The molecule has 13 heavy (non-hydrogen) atoms. The zero-order valence-corrected chi connectivity index (χ0v) is 9.93. The van der Waals surface area contributed by atoms with E-state index >= 15 is 0 Å². The van der Waals surface area contributed by atoms with E-state index in [9.17, 15) is 0 Å². The fraction of sp³-hybridized carbons (Fsp3) is 0.833. The molecule has 0 aliphatic heterocycles. The Morgan fingerprint density at radius 1 is 1.23 bits per heavy atom. The van der Waals surface area contributed by atoms with Crippen LogP contribution in [0.5, 0.6) is 0 Å². The molecule has 0 heterocycles. The Kier molecular flexibility index (Phi) is 5.85. The fourth-order valence-corrected chi connectivity index (χ4v) is 1.22. The Bertz CT molecular complexity index is 142. The highest BCUT2D eigenvalue weighted by molar-refractivity contribution is 4.79. The van der Waals surface area contributed by atoms with Crippen molar-refractivity contribution in [3.63, 3.8) is 0 Å². The molecule has 1 nitrogen and oxygen atoms in total. The van der Waals surface area contributed by atoms with Crippen LogP contribution in [0, 0.1) is 5.41 Å². The number of hydrogen-bond donors (Lipinski definition) is 0. The Morgan fingerprint density at radius 2 is 1.85 bits per heavy atom. The van der Waals surface area contributed by atoms with Crippen LogP contribution >= 0.6 is 0 Å². The number of hydrogen-bond acceptors (Lipinski definition) is 1. The molecule has 78 valence electrons. The molecular formula is C12H25N. The van der Waals surface area contributed by atoms with Crippen molar-refractivity contribution in [1.29, 1.82) is 0 Å². The van der Waals surface area contributed by atoms with Crippen LogP contribution in [-0.4, -0.2) is 18.5 Å². The molecule has 0 saturated heterocycles. The van der Waals surface area contributed by atoms with E-state index in [0.717, 1.165) is 6.42 Å². The molecular weight excluding hydrogens is 158 g/mol. The normalized spacial score (nSPS) is 12.4. The third-order valence-electron chi connectivity index (χ3n) is 2.03. The van der Waals surface area contributed by atoms with E-state index in [1.54, 1.807) is 0 Å². The van der Waals surface area contributed by atoms with E-state index in [0.29, 0.717) is 5.41 Å². The Morgan fingerprint density at radius 3 is 2.31 bits per heavy atom. The predicted molar refractivity (Wildman–Crippen MR) is 60.8 cm³/mol. The minimum absolute atomic E-state index is 0.481. The molecule has 0 spiro atoms. The lowest BCUT2D eigenvalue weighted by atomic mass is 9.90. The van der Waals surface area contributed by atoms with Crippen LogP contribution in [0.15, 0.2) is 12.3 Å². The Hall–Kier alpha value is -0.460. The Labute approximate surface area is 83.8 Å². The van der Waals surface area contributed by atoms with Crippen molar-refractivity contribution in [2.75, 3.05) is 13.6 Å². The van der Waals surface area contributed by atoms with Crippen molar-refractivity contribution in [2.45, 2.75) is 47.0 Å². The molecule has 0 unspecified atom stereocenters. The highest BCUT2D eigenvalue weighted by atomic mass is 15.1. The first-order valence-electron chi connectivity index (χ1n) is 5.32. The lowest BCUT2D eigenvalue weighted by Crippen LogP contribution is -2.15. The summed E-state index contributed by atoms with van der Waals surface area (Å²) in [5.41, 5.74) is 0.481. The third kappa shape index (κ3) is 9.45. The maximum atomic E-state index is 2.30. The summed E-state index contributed by atoms with van der Waals surface area (Å²) in [6, 6.07) is 0. The summed E-state index contributed by atoms with van der Waals surface area (Å²) in [5, 5.41) is 0. The first-order valence-corrected chi connectivity index (χ1v) is 5.32. The van der Waals surface area contributed by atoms with Crippen molar-refractivity contribution >= 4 is 0 Å². The SMILES string of the molecule is CC/C=C/N(C)CCCC(C)(C)C. The first kappa shape index (κ1) is 12.5. The highest BCUT2D eigenvalue weighted by Crippen LogP contribution is 2.20. The van der Waals surface area contributed by atoms with Gasteiger partial charge in [-0.1, -0.05) is 33.8 Å². The molecule has 0 saturated carbocycles. The topological polar surface area (TPSA) is 3.24 Å². The maximum absolute atomic E-state index is 2.30. The summed E-state index contributed by atoms with van der Waals surface area (Å²) < 4.78 is 0. The van der Waals surface area contributed by atoms with Crippen molar-refractivity contribution in [3.05, 3.63) is 12.3 Å². The zero-order valence-electron chi connectivity index (χ0n) is 9.93. The second kappa shape index (κ2) is 6.06. The molecule has 0 rings (SSSR count). The molecule has 0 aromatic heterocycles. The molecule has 0 atom stereocenters. The molecule has 0 fully saturated rings. The highest BCUT2D eigenvalue weighted by Gasteiger charge is 2.08. The molecule has 0 aromatic rings. The van der Waals surface area contributed by atoms with Crippen LogP contribution in [0.25, 0.3) is 0 Å². The van der Waals surface area contributed by atoms with Crippen LogP contribution in [0.2, 0.25) is 0 Å². The summed E-state index contributed by atoms with van der Waals surface area (Å²) in [5.74, 6) is 0. The second-order valence-corrected chi connectivity index (χ2v) is 4.94. The third-order valence-corrected chi connectivity index (χ3v) is 2.03. The van der Waals surface area contributed by atoms with Gasteiger partial charge in [0.15, 0.2) is 0 Å². The van der Waals surface area contributed by atoms with E-state index in [1.807, 2.05) is 0 Å². The number of allylic oxidation sites excluding steroid dienone is 1.